The molecule has 0 radical (unpaired) electrons. The van der Waals surface area contributed by atoms with E-state index in [9.17, 15) is 0 Å². The fourth-order valence-corrected chi connectivity index (χ4v) is 3.45. The second-order valence-corrected chi connectivity index (χ2v) is 6.32. The van der Waals surface area contributed by atoms with Crippen LogP contribution in [0.4, 0.5) is 0 Å². The molecule has 0 amide bonds. The average molecular weight is 393 g/mol. The van der Waals surface area contributed by atoms with Gasteiger partial charge in [-0.1, -0.05) is 22.9 Å². The molecule has 19 heavy (non-hydrogen) atoms. The first-order valence-electron chi connectivity index (χ1n) is 6.62. The summed E-state index contributed by atoms with van der Waals surface area (Å²) in [5.41, 5.74) is 0. The Morgan fingerprint density at radius 3 is 2.74 bits per heavy atom. The first-order chi connectivity index (χ1) is 9.15. The summed E-state index contributed by atoms with van der Waals surface area (Å²) in [4.78, 5) is 0. The molecule has 0 heterocycles. The number of likely N-dealkylation sites (N-methyl/N-ethyl adjacent to an activating group) is 1. The third kappa shape index (κ3) is 3.72. The smallest absolute Gasteiger partial charge is 0.134 e. The number of benzene rings is 1. The number of hydrogen-bond donors (Lipinski definition) is 1. The zero-order valence-electron chi connectivity index (χ0n) is 11.2. The van der Waals surface area contributed by atoms with Crippen LogP contribution >= 0.6 is 31.9 Å². The van der Waals surface area contributed by atoms with Crippen LogP contribution in [0.3, 0.4) is 0 Å². The predicted octanol–water partition coefficient (Wildman–Crippen LogP) is 3.75. The summed E-state index contributed by atoms with van der Waals surface area (Å²) in [6.07, 6.45) is 1.25. The average Bonchev–Trinajstić information content (AvgIpc) is 2.37. The minimum atomic E-state index is 0.126. The molecule has 0 aliphatic heterocycles. The van der Waals surface area contributed by atoms with E-state index < -0.39 is 0 Å². The standard InChI is InChI=1S/C14H19Br2NO2/c1-3-17-11-8-13(14(11)18-4-2)19-12-6-5-9(15)7-10(12)16/h5-7,11,13-14,17H,3-4,8H2,1-2H3. The Hall–Kier alpha value is -0.100. The number of halogens is 2. The van der Waals surface area contributed by atoms with Crippen LogP contribution in [-0.2, 0) is 4.74 Å². The Bertz CT molecular complexity index is 428. The minimum absolute atomic E-state index is 0.126. The van der Waals surface area contributed by atoms with Crippen molar-refractivity contribution >= 4 is 31.9 Å². The van der Waals surface area contributed by atoms with Gasteiger partial charge >= 0.3 is 0 Å². The van der Waals surface area contributed by atoms with E-state index in [0.717, 1.165) is 27.7 Å². The van der Waals surface area contributed by atoms with Crippen LogP contribution in [-0.4, -0.2) is 31.4 Å². The van der Waals surface area contributed by atoms with E-state index in [2.05, 4.69) is 44.1 Å². The summed E-state index contributed by atoms with van der Waals surface area (Å²) in [5, 5.41) is 3.43. The van der Waals surface area contributed by atoms with Crippen LogP contribution in [0.25, 0.3) is 0 Å². The number of nitrogens with one attached hydrogen (secondary N) is 1. The lowest BCUT2D eigenvalue weighted by atomic mass is 9.85. The topological polar surface area (TPSA) is 30.5 Å². The predicted molar refractivity (Wildman–Crippen MR) is 83.8 cm³/mol. The van der Waals surface area contributed by atoms with Crippen LogP contribution in [0, 0.1) is 0 Å². The van der Waals surface area contributed by atoms with E-state index in [4.69, 9.17) is 9.47 Å². The highest BCUT2D eigenvalue weighted by atomic mass is 79.9. The highest BCUT2D eigenvalue weighted by Crippen LogP contribution is 2.34. The van der Waals surface area contributed by atoms with Gasteiger partial charge < -0.3 is 14.8 Å². The van der Waals surface area contributed by atoms with E-state index in [1.54, 1.807) is 0 Å². The zero-order chi connectivity index (χ0) is 13.8. The number of ether oxygens (including phenoxy) is 2. The summed E-state index contributed by atoms with van der Waals surface area (Å²) in [5.74, 6) is 0.868. The summed E-state index contributed by atoms with van der Waals surface area (Å²) in [6.45, 7) is 5.81. The minimum Gasteiger partial charge on any atom is -0.486 e. The molecule has 1 fully saturated rings. The molecule has 3 atom stereocenters. The Labute approximate surface area is 131 Å². The highest BCUT2D eigenvalue weighted by Gasteiger charge is 2.43. The van der Waals surface area contributed by atoms with Gasteiger partial charge in [0.15, 0.2) is 0 Å². The van der Waals surface area contributed by atoms with Crippen molar-refractivity contribution in [2.75, 3.05) is 13.2 Å². The lowest BCUT2D eigenvalue weighted by Crippen LogP contribution is -2.61. The fraction of sp³-hybridized carbons (Fsp3) is 0.571. The molecule has 2 rings (SSSR count). The second kappa shape index (κ2) is 7.07. The molecule has 3 unspecified atom stereocenters. The maximum Gasteiger partial charge on any atom is 0.134 e. The van der Waals surface area contributed by atoms with Crippen LogP contribution in [0.5, 0.6) is 5.75 Å². The lowest BCUT2D eigenvalue weighted by molar-refractivity contribution is -0.104. The Morgan fingerprint density at radius 2 is 2.11 bits per heavy atom. The third-order valence-electron chi connectivity index (χ3n) is 3.25. The maximum atomic E-state index is 6.05. The van der Waals surface area contributed by atoms with Crippen LogP contribution in [0.1, 0.15) is 20.3 Å². The van der Waals surface area contributed by atoms with Gasteiger partial charge in [0.25, 0.3) is 0 Å². The molecule has 5 heteroatoms. The molecular formula is C14H19Br2NO2. The van der Waals surface area contributed by atoms with Crippen molar-refractivity contribution in [3.8, 4) is 5.75 Å². The van der Waals surface area contributed by atoms with Crippen molar-refractivity contribution in [3.63, 3.8) is 0 Å². The monoisotopic (exact) mass is 391 g/mol. The summed E-state index contributed by atoms with van der Waals surface area (Å²) in [6, 6.07) is 6.35. The van der Waals surface area contributed by atoms with Crippen molar-refractivity contribution < 1.29 is 9.47 Å². The second-order valence-electron chi connectivity index (χ2n) is 4.55. The van der Waals surface area contributed by atoms with Gasteiger partial charge in [-0.25, -0.2) is 0 Å². The molecule has 106 valence electrons. The van der Waals surface area contributed by atoms with Crippen molar-refractivity contribution in [2.45, 2.75) is 38.5 Å². The third-order valence-corrected chi connectivity index (χ3v) is 4.36. The van der Waals surface area contributed by atoms with Crippen molar-refractivity contribution in [2.24, 2.45) is 0 Å². The molecule has 1 aliphatic rings. The van der Waals surface area contributed by atoms with Gasteiger partial charge in [0.05, 0.1) is 4.47 Å². The molecule has 1 aromatic carbocycles. The van der Waals surface area contributed by atoms with Crippen molar-refractivity contribution in [3.05, 3.63) is 27.1 Å². The number of hydrogen-bond acceptors (Lipinski definition) is 3. The molecule has 1 N–H and O–H groups in total. The molecule has 0 aromatic heterocycles. The van der Waals surface area contributed by atoms with E-state index in [1.165, 1.54) is 0 Å². The largest absolute Gasteiger partial charge is 0.486 e. The molecule has 0 spiro atoms. The summed E-state index contributed by atoms with van der Waals surface area (Å²) >= 11 is 6.96. The van der Waals surface area contributed by atoms with E-state index in [1.807, 2.05) is 25.1 Å². The Balaban J connectivity index is 1.98. The highest BCUT2D eigenvalue weighted by molar-refractivity contribution is 9.11. The number of rotatable bonds is 6. The quantitative estimate of drug-likeness (QED) is 0.799. The molecule has 1 saturated carbocycles. The van der Waals surface area contributed by atoms with Crippen LogP contribution in [0.2, 0.25) is 0 Å². The Morgan fingerprint density at radius 1 is 1.32 bits per heavy atom. The van der Waals surface area contributed by atoms with E-state index in [-0.39, 0.29) is 12.2 Å². The van der Waals surface area contributed by atoms with Gasteiger partial charge in [0.2, 0.25) is 0 Å². The van der Waals surface area contributed by atoms with Gasteiger partial charge in [0.1, 0.15) is 18.0 Å². The summed E-state index contributed by atoms with van der Waals surface area (Å²) < 4.78 is 13.8. The van der Waals surface area contributed by atoms with E-state index >= 15 is 0 Å². The summed E-state index contributed by atoms with van der Waals surface area (Å²) in [7, 11) is 0. The molecular weight excluding hydrogens is 374 g/mol. The van der Waals surface area contributed by atoms with Gasteiger partial charge in [-0.15, -0.1) is 0 Å². The SMILES string of the molecule is CCNC1CC(Oc2ccc(Br)cc2Br)C1OCC. The molecule has 1 aliphatic carbocycles. The van der Waals surface area contributed by atoms with Crippen LogP contribution < -0.4 is 10.1 Å². The van der Waals surface area contributed by atoms with Gasteiger partial charge in [-0.2, -0.15) is 0 Å². The molecule has 0 bridgehead atoms. The first-order valence-corrected chi connectivity index (χ1v) is 8.21. The van der Waals surface area contributed by atoms with E-state index in [0.29, 0.717) is 12.6 Å². The van der Waals surface area contributed by atoms with Gasteiger partial charge in [-0.05, 0) is 47.6 Å². The fourth-order valence-electron chi connectivity index (χ4n) is 2.31. The molecule has 1 aromatic rings. The van der Waals surface area contributed by atoms with Gasteiger partial charge in [0, 0.05) is 23.5 Å². The zero-order valence-corrected chi connectivity index (χ0v) is 14.3. The lowest BCUT2D eigenvalue weighted by Gasteiger charge is -2.44. The molecule has 0 saturated heterocycles. The van der Waals surface area contributed by atoms with Gasteiger partial charge in [-0.3, -0.25) is 0 Å². The van der Waals surface area contributed by atoms with Crippen molar-refractivity contribution in [1.82, 2.24) is 5.32 Å². The maximum absolute atomic E-state index is 6.05. The normalized spacial score (nSPS) is 26.0. The molecule has 3 nitrogen and oxygen atoms in total. The first kappa shape index (κ1) is 15.3. The van der Waals surface area contributed by atoms with Crippen molar-refractivity contribution in [1.29, 1.82) is 0 Å². The van der Waals surface area contributed by atoms with Crippen LogP contribution in [0.15, 0.2) is 27.1 Å². The Kier molecular flexibility index (Phi) is 5.69.